The van der Waals surface area contributed by atoms with E-state index in [1.54, 1.807) is 6.20 Å². The number of aromatic nitrogens is 3. The van der Waals surface area contributed by atoms with Gasteiger partial charge in [-0.25, -0.2) is 9.97 Å². The van der Waals surface area contributed by atoms with Crippen molar-refractivity contribution < 1.29 is 4.42 Å². The molecule has 0 amide bonds. The quantitative estimate of drug-likeness (QED) is 0.835. The molecular formula is C9H10N4OS. The maximum atomic E-state index is 5.51. The van der Waals surface area contributed by atoms with Gasteiger partial charge in [-0.15, -0.1) is 0 Å². The second-order valence-electron chi connectivity index (χ2n) is 3.01. The molecule has 0 aromatic carbocycles. The first-order valence-corrected chi connectivity index (χ1v) is 5.16. The molecule has 2 aromatic heterocycles. The zero-order valence-corrected chi connectivity index (χ0v) is 9.21. The van der Waals surface area contributed by atoms with Gasteiger partial charge in [0.2, 0.25) is 0 Å². The Morgan fingerprint density at radius 2 is 2.07 bits per heavy atom. The normalized spacial score (nSPS) is 10.5. The number of anilines is 1. The second-order valence-corrected chi connectivity index (χ2v) is 3.98. The number of rotatable bonds is 2. The van der Waals surface area contributed by atoms with Crippen LogP contribution in [0.25, 0.3) is 0 Å². The Morgan fingerprint density at radius 3 is 2.67 bits per heavy atom. The predicted octanol–water partition coefficient (Wildman–Crippen LogP) is 1.81. The summed E-state index contributed by atoms with van der Waals surface area (Å²) in [6.45, 7) is 3.77. The summed E-state index contributed by atoms with van der Waals surface area (Å²) < 4.78 is 5.40. The van der Waals surface area contributed by atoms with E-state index in [1.807, 2.05) is 13.8 Å². The highest BCUT2D eigenvalue weighted by molar-refractivity contribution is 7.99. The van der Waals surface area contributed by atoms with Crippen molar-refractivity contribution in [2.24, 2.45) is 0 Å². The molecule has 2 heterocycles. The predicted molar refractivity (Wildman–Crippen MR) is 56.5 cm³/mol. The number of hydrogen-bond acceptors (Lipinski definition) is 6. The summed E-state index contributed by atoms with van der Waals surface area (Å²) in [5.74, 6) is 1.20. The van der Waals surface area contributed by atoms with E-state index in [-0.39, 0.29) is 0 Å². The molecule has 0 saturated carbocycles. The van der Waals surface area contributed by atoms with Gasteiger partial charge in [-0.1, -0.05) is 0 Å². The Kier molecular flexibility index (Phi) is 2.59. The summed E-state index contributed by atoms with van der Waals surface area (Å²) in [6, 6.07) is 0. The van der Waals surface area contributed by atoms with Gasteiger partial charge in [0.05, 0.1) is 18.1 Å². The van der Waals surface area contributed by atoms with E-state index in [4.69, 9.17) is 10.2 Å². The molecule has 15 heavy (non-hydrogen) atoms. The van der Waals surface area contributed by atoms with E-state index in [0.717, 1.165) is 11.5 Å². The largest absolute Gasteiger partial charge is 0.436 e. The highest BCUT2D eigenvalue weighted by Gasteiger charge is 2.08. The fraction of sp³-hybridized carbons (Fsp3) is 0.222. The van der Waals surface area contributed by atoms with E-state index in [1.165, 1.54) is 18.0 Å². The number of nitrogen functional groups attached to an aromatic ring is 1. The number of hydrogen-bond donors (Lipinski definition) is 1. The van der Waals surface area contributed by atoms with Crippen molar-refractivity contribution in [3.63, 3.8) is 0 Å². The number of aryl methyl sites for hydroxylation is 2. The van der Waals surface area contributed by atoms with Gasteiger partial charge in [-0.05, 0) is 25.6 Å². The van der Waals surface area contributed by atoms with Gasteiger partial charge in [0.15, 0.2) is 0 Å². The Labute approximate surface area is 91.1 Å². The van der Waals surface area contributed by atoms with E-state index >= 15 is 0 Å². The lowest BCUT2D eigenvalue weighted by Crippen LogP contribution is -1.92. The third-order valence-electron chi connectivity index (χ3n) is 1.83. The van der Waals surface area contributed by atoms with Gasteiger partial charge in [-0.3, -0.25) is 4.98 Å². The summed E-state index contributed by atoms with van der Waals surface area (Å²) in [4.78, 5) is 12.2. The first kappa shape index (κ1) is 9.97. The SMILES string of the molecule is Cc1nc(Sc2cncc(N)n2)oc1C. The van der Waals surface area contributed by atoms with Crippen molar-refractivity contribution in [2.45, 2.75) is 24.1 Å². The third kappa shape index (κ3) is 2.27. The Morgan fingerprint density at radius 1 is 1.27 bits per heavy atom. The zero-order chi connectivity index (χ0) is 10.8. The summed E-state index contributed by atoms with van der Waals surface area (Å²) in [5, 5.41) is 1.24. The van der Waals surface area contributed by atoms with Crippen LogP contribution in [0.3, 0.4) is 0 Å². The van der Waals surface area contributed by atoms with Gasteiger partial charge in [0, 0.05) is 0 Å². The maximum Gasteiger partial charge on any atom is 0.262 e. The zero-order valence-electron chi connectivity index (χ0n) is 8.39. The molecule has 78 valence electrons. The molecule has 0 bridgehead atoms. The van der Waals surface area contributed by atoms with Crippen molar-refractivity contribution in [1.82, 2.24) is 15.0 Å². The van der Waals surface area contributed by atoms with Crippen LogP contribution in [0.1, 0.15) is 11.5 Å². The van der Waals surface area contributed by atoms with Crippen LogP contribution in [-0.2, 0) is 0 Å². The minimum absolute atomic E-state index is 0.389. The van der Waals surface area contributed by atoms with Crippen LogP contribution >= 0.6 is 11.8 Å². The Hall–Kier alpha value is -1.56. The van der Waals surface area contributed by atoms with Gasteiger partial charge in [-0.2, -0.15) is 0 Å². The molecule has 0 aliphatic rings. The average Bonchev–Trinajstić information content (AvgIpc) is 2.45. The van der Waals surface area contributed by atoms with Gasteiger partial charge in [0.25, 0.3) is 5.22 Å². The molecule has 0 spiro atoms. The highest BCUT2D eigenvalue weighted by atomic mass is 32.2. The molecule has 2 N–H and O–H groups in total. The van der Waals surface area contributed by atoms with Crippen LogP contribution in [0.2, 0.25) is 0 Å². The summed E-state index contributed by atoms with van der Waals surface area (Å²) in [6.07, 6.45) is 3.12. The molecule has 5 nitrogen and oxygen atoms in total. The summed E-state index contributed by atoms with van der Waals surface area (Å²) in [7, 11) is 0. The van der Waals surface area contributed by atoms with Gasteiger partial charge in [0.1, 0.15) is 16.6 Å². The van der Waals surface area contributed by atoms with Crippen molar-refractivity contribution >= 4 is 17.6 Å². The molecule has 0 atom stereocenters. The maximum absolute atomic E-state index is 5.51. The third-order valence-corrected chi connectivity index (χ3v) is 2.59. The second kappa shape index (κ2) is 3.90. The molecule has 0 aliphatic carbocycles. The fourth-order valence-electron chi connectivity index (χ4n) is 0.988. The fourth-order valence-corrected chi connectivity index (χ4v) is 1.78. The minimum atomic E-state index is 0.389. The number of nitrogens with two attached hydrogens (primary N) is 1. The molecule has 6 heteroatoms. The monoisotopic (exact) mass is 222 g/mol. The standard InChI is InChI=1S/C9H10N4OS/c1-5-6(2)14-9(12-5)15-8-4-11-3-7(10)13-8/h3-4H,1-2H3,(H2,10,13). The Bertz CT molecular complexity index is 463. The highest BCUT2D eigenvalue weighted by Crippen LogP contribution is 2.26. The molecule has 0 saturated heterocycles. The van der Waals surface area contributed by atoms with Crippen LogP contribution < -0.4 is 5.73 Å². The van der Waals surface area contributed by atoms with Crippen molar-refractivity contribution in [3.05, 3.63) is 23.8 Å². The van der Waals surface area contributed by atoms with Crippen molar-refractivity contribution in [1.29, 1.82) is 0 Å². The number of oxazole rings is 1. The molecular weight excluding hydrogens is 212 g/mol. The van der Waals surface area contributed by atoms with Crippen LogP contribution in [0.4, 0.5) is 5.82 Å². The lowest BCUT2D eigenvalue weighted by atomic mass is 10.4. The van der Waals surface area contributed by atoms with Crippen LogP contribution in [0.15, 0.2) is 27.1 Å². The summed E-state index contributed by atoms with van der Waals surface area (Å²) in [5.41, 5.74) is 6.39. The van der Waals surface area contributed by atoms with E-state index in [0.29, 0.717) is 16.1 Å². The van der Waals surface area contributed by atoms with Crippen molar-refractivity contribution in [2.75, 3.05) is 5.73 Å². The number of nitrogens with zero attached hydrogens (tertiary/aromatic N) is 3. The van der Waals surface area contributed by atoms with Crippen molar-refractivity contribution in [3.8, 4) is 0 Å². The van der Waals surface area contributed by atoms with Gasteiger partial charge >= 0.3 is 0 Å². The van der Waals surface area contributed by atoms with Crippen LogP contribution in [-0.4, -0.2) is 15.0 Å². The van der Waals surface area contributed by atoms with E-state index < -0.39 is 0 Å². The minimum Gasteiger partial charge on any atom is -0.436 e. The average molecular weight is 222 g/mol. The lowest BCUT2D eigenvalue weighted by Gasteiger charge is -1.95. The topological polar surface area (TPSA) is 77.8 Å². The smallest absolute Gasteiger partial charge is 0.262 e. The summed E-state index contributed by atoms with van der Waals surface area (Å²) >= 11 is 1.31. The molecule has 2 rings (SSSR count). The van der Waals surface area contributed by atoms with Crippen LogP contribution in [0.5, 0.6) is 0 Å². The Balaban J connectivity index is 2.22. The van der Waals surface area contributed by atoms with Crippen LogP contribution in [0, 0.1) is 13.8 Å². The molecule has 0 fully saturated rings. The van der Waals surface area contributed by atoms with E-state index in [2.05, 4.69) is 15.0 Å². The molecule has 2 aromatic rings. The molecule has 0 aliphatic heterocycles. The lowest BCUT2D eigenvalue weighted by molar-refractivity contribution is 0.431. The first-order valence-electron chi connectivity index (χ1n) is 4.34. The molecule has 0 radical (unpaired) electrons. The van der Waals surface area contributed by atoms with E-state index in [9.17, 15) is 0 Å². The first-order chi connectivity index (χ1) is 7.15. The van der Waals surface area contributed by atoms with Gasteiger partial charge < -0.3 is 10.2 Å². The molecule has 0 unspecified atom stereocenters.